The Bertz CT molecular complexity index is 2400. The summed E-state index contributed by atoms with van der Waals surface area (Å²) in [5.74, 6) is 0. The molecule has 2 aliphatic rings. The monoisotopic (exact) mass is 606 g/mol. The molecule has 0 fully saturated rings. The molecule has 2 heteroatoms. The lowest BCUT2D eigenvalue weighted by molar-refractivity contribution is 0.597. The van der Waals surface area contributed by atoms with Gasteiger partial charge in [-0.3, -0.25) is 0 Å². The van der Waals surface area contributed by atoms with Crippen LogP contribution in [0.15, 0.2) is 140 Å². The number of para-hydroxylation sites is 3. The predicted molar refractivity (Wildman–Crippen MR) is 200 cm³/mol. The van der Waals surface area contributed by atoms with E-state index in [-0.39, 0.29) is 10.8 Å². The highest BCUT2D eigenvalue weighted by atomic mass is 15.2. The summed E-state index contributed by atoms with van der Waals surface area (Å²) >= 11 is 0. The summed E-state index contributed by atoms with van der Waals surface area (Å²) in [5, 5.41) is 5.04. The number of hydrogen-bond acceptors (Lipinski definition) is 2. The minimum absolute atomic E-state index is 0.0925. The van der Waals surface area contributed by atoms with Crippen molar-refractivity contribution in [2.45, 2.75) is 45.4 Å². The highest BCUT2D eigenvalue weighted by Gasteiger charge is 2.45. The van der Waals surface area contributed by atoms with Crippen molar-refractivity contribution in [3.8, 4) is 0 Å². The fourth-order valence-corrected chi connectivity index (χ4v) is 8.45. The normalized spacial score (nSPS) is 15.2. The Morgan fingerprint density at radius 2 is 1.06 bits per heavy atom. The van der Waals surface area contributed by atoms with Crippen LogP contribution < -0.4 is 9.80 Å². The van der Waals surface area contributed by atoms with Crippen LogP contribution >= 0.6 is 0 Å². The van der Waals surface area contributed by atoms with E-state index >= 15 is 0 Å². The van der Waals surface area contributed by atoms with Crippen molar-refractivity contribution in [3.63, 3.8) is 0 Å². The van der Waals surface area contributed by atoms with Gasteiger partial charge in [0.05, 0.1) is 22.7 Å². The van der Waals surface area contributed by atoms with Crippen molar-refractivity contribution >= 4 is 55.7 Å². The van der Waals surface area contributed by atoms with Gasteiger partial charge in [0.15, 0.2) is 0 Å². The summed E-state index contributed by atoms with van der Waals surface area (Å²) in [6, 6.07) is 51.8. The van der Waals surface area contributed by atoms with Crippen LogP contribution in [0, 0.1) is 6.92 Å². The van der Waals surface area contributed by atoms with E-state index in [2.05, 4.69) is 184 Å². The number of rotatable bonds is 3. The second-order valence-corrected chi connectivity index (χ2v) is 14.3. The van der Waals surface area contributed by atoms with Gasteiger partial charge in [0, 0.05) is 27.6 Å². The zero-order valence-electron chi connectivity index (χ0n) is 27.7. The molecular weight excluding hydrogens is 569 g/mol. The van der Waals surface area contributed by atoms with E-state index in [4.69, 9.17) is 0 Å². The van der Waals surface area contributed by atoms with Crippen molar-refractivity contribution in [2.24, 2.45) is 0 Å². The SMILES string of the molecule is Cc1ccccc1N(c1ccc2c(c1)C(C)(C)c1cccc3c1N2c1ccccc1C3(C)C)c1cc2ccccc2c2ccccc12. The van der Waals surface area contributed by atoms with Gasteiger partial charge in [-0.1, -0.05) is 131 Å². The third-order valence-electron chi connectivity index (χ3n) is 10.9. The Morgan fingerprint density at radius 3 is 1.85 bits per heavy atom. The van der Waals surface area contributed by atoms with Gasteiger partial charge in [0.2, 0.25) is 0 Å². The zero-order valence-corrected chi connectivity index (χ0v) is 27.7. The minimum Gasteiger partial charge on any atom is -0.310 e. The third-order valence-corrected chi connectivity index (χ3v) is 10.9. The molecular formula is C45H38N2. The first kappa shape index (κ1) is 27.9. The number of fused-ring (bicyclic) bond motifs is 7. The summed E-state index contributed by atoms with van der Waals surface area (Å²) in [4.78, 5) is 5.03. The highest BCUT2D eigenvalue weighted by molar-refractivity contribution is 6.14. The number of aryl methyl sites for hydroxylation is 1. The quantitative estimate of drug-likeness (QED) is 0.185. The molecule has 7 aromatic carbocycles. The Balaban J connectivity index is 1.34. The molecule has 2 nitrogen and oxygen atoms in total. The molecule has 0 saturated carbocycles. The maximum absolute atomic E-state index is 2.54. The van der Waals surface area contributed by atoms with E-state index in [1.54, 1.807) is 0 Å². The zero-order chi connectivity index (χ0) is 32.1. The number of benzene rings is 7. The fraction of sp³-hybridized carbons (Fsp3) is 0.156. The molecule has 9 rings (SSSR count). The average molecular weight is 607 g/mol. The Labute approximate surface area is 277 Å². The molecule has 7 aromatic rings. The van der Waals surface area contributed by atoms with Gasteiger partial charge in [-0.2, -0.15) is 0 Å². The summed E-state index contributed by atoms with van der Waals surface area (Å²) < 4.78 is 0. The lowest BCUT2D eigenvalue weighted by Crippen LogP contribution is -2.38. The number of hydrogen-bond donors (Lipinski definition) is 0. The molecule has 0 N–H and O–H groups in total. The second-order valence-electron chi connectivity index (χ2n) is 14.3. The van der Waals surface area contributed by atoms with Crippen LogP contribution in [0.3, 0.4) is 0 Å². The molecule has 0 amide bonds. The second kappa shape index (κ2) is 9.83. The molecule has 228 valence electrons. The number of nitrogens with zero attached hydrogens (tertiary/aromatic N) is 2. The standard InChI is InChI=1S/C45H38N2/c1-29-15-6-12-23-39(29)46(42-27-30-16-7-8-17-32(30)33-18-9-10-19-34(33)42)31-25-26-41-38(28-31)45(4,5)37-22-14-21-36-43(37)47(41)40-24-13-11-20-35(40)44(36,2)3/h6-28H,1-5H3. The topological polar surface area (TPSA) is 6.48 Å². The molecule has 2 aliphatic heterocycles. The van der Waals surface area contributed by atoms with Crippen molar-refractivity contribution in [2.75, 3.05) is 9.80 Å². The molecule has 0 unspecified atom stereocenters. The summed E-state index contributed by atoms with van der Waals surface area (Å²) in [6.07, 6.45) is 0. The van der Waals surface area contributed by atoms with E-state index in [9.17, 15) is 0 Å². The predicted octanol–water partition coefficient (Wildman–Crippen LogP) is 12.5. The van der Waals surface area contributed by atoms with E-state index in [0.717, 1.165) is 5.69 Å². The third kappa shape index (κ3) is 3.85. The van der Waals surface area contributed by atoms with Crippen molar-refractivity contribution in [1.82, 2.24) is 0 Å². The van der Waals surface area contributed by atoms with Crippen LogP contribution in [-0.2, 0) is 10.8 Å². The van der Waals surface area contributed by atoms with Crippen LogP contribution in [-0.4, -0.2) is 0 Å². The molecule has 0 radical (unpaired) electrons. The van der Waals surface area contributed by atoms with Crippen LogP contribution in [0.4, 0.5) is 34.1 Å². The summed E-state index contributed by atoms with van der Waals surface area (Å²) in [5.41, 5.74) is 13.8. The maximum atomic E-state index is 2.54. The smallest absolute Gasteiger partial charge is 0.0546 e. The van der Waals surface area contributed by atoms with Crippen LogP contribution in [0.25, 0.3) is 21.5 Å². The van der Waals surface area contributed by atoms with Gasteiger partial charge in [0.1, 0.15) is 0 Å². The molecule has 0 atom stereocenters. The van der Waals surface area contributed by atoms with Crippen LogP contribution in [0.2, 0.25) is 0 Å². The van der Waals surface area contributed by atoms with Gasteiger partial charge >= 0.3 is 0 Å². The number of anilines is 6. The van der Waals surface area contributed by atoms with Crippen molar-refractivity contribution in [1.29, 1.82) is 0 Å². The lowest BCUT2D eigenvalue weighted by Gasteiger charge is -2.49. The van der Waals surface area contributed by atoms with Gasteiger partial charge in [0.25, 0.3) is 0 Å². The van der Waals surface area contributed by atoms with Gasteiger partial charge in [-0.15, -0.1) is 0 Å². The molecule has 0 spiro atoms. The molecule has 0 aromatic heterocycles. The molecule has 0 saturated heterocycles. The van der Waals surface area contributed by atoms with Crippen LogP contribution in [0.1, 0.15) is 55.5 Å². The van der Waals surface area contributed by atoms with Crippen LogP contribution in [0.5, 0.6) is 0 Å². The molecule has 47 heavy (non-hydrogen) atoms. The highest BCUT2D eigenvalue weighted by Crippen LogP contribution is 2.60. The average Bonchev–Trinajstić information content (AvgIpc) is 3.09. The van der Waals surface area contributed by atoms with Gasteiger partial charge in [-0.05, 0) is 87.3 Å². The summed E-state index contributed by atoms with van der Waals surface area (Å²) in [6.45, 7) is 11.8. The van der Waals surface area contributed by atoms with Crippen molar-refractivity contribution < 1.29 is 0 Å². The Kier molecular flexibility index (Phi) is 5.84. The minimum atomic E-state index is -0.210. The van der Waals surface area contributed by atoms with E-state index in [1.165, 1.54) is 77.8 Å². The van der Waals surface area contributed by atoms with Crippen molar-refractivity contribution in [3.05, 3.63) is 167 Å². The first-order valence-corrected chi connectivity index (χ1v) is 16.7. The fourth-order valence-electron chi connectivity index (χ4n) is 8.45. The molecule has 0 bridgehead atoms. The Hall–Kier alpha value is -5.34. The maximum Gasteiger partial charge on any atom is 0.0546 e. The van der Waals surface area contributed by atoms with E-state index in [1.807, 2.05) is 0 Å². The van der Waals surface area contributed by atoms with Gasteiger partial charge in [-0.25, -0.2) is 0 Å². The molecule has 2 heterocycles. The first-order chi connectivity index (χ1) is 22.8. The molecule has 0 aliphatic carbocycles. The van der Waals surface area contributed by atoms with Gasteiger partial charge < -0.3 is 9.80 Å². The lowest BCUT2D eigenvalue weighted by atomic mass is 9.66. The summed E-state index contributed by atoms with van der Waals surface area (Å²) in [7, 11) is 0. The van der Waals surface area contributed by atoms with E-state index < -0.39 is 0 Å². The van der Waals surface area contributed by atoms with E-state index in [0.29, 0.717) is 0 Å². The largest absolute Gasteiger partial charge is 0.310 e. The Morgan fingerprint density at radius 1 is 0.468 bits per heavy atom. The first-order valence-electron chi connectivity index (χ1n) is 16.7.